The van der Waals surface area contributed by atoms with Crippen molar-refractivity contribution in [1.29, 1.82) is 5.26 Å². The molecule has 30 heavy (non-hydrogen) atoms. The summed E-state index contributed by atoms with van der Waals surface area (Å²) in [6.45, 7) is 3.58. The molecule has 0 aliphatic heterocycles. The van der Waals surface area contributed by atoms with Crippen LogP contribution in [-0.2, 0) is 4.74 Å². The lowest BCUT2D eigenvalue weighted by molar-refractivity contribution is 0.130. The summed E-state index contributed by atoms with van der Waals surface area (Å²) in [4.78, 5) is 22.9. The number of carbonyl (C=O) groups is 1. The molecular formula is C23H22N4O3. The molecular weight excluding hydrogens is 380 g/mol. The Morgan fingerprint density at radius 1 is 1.23 bits per heavy atom. The van der Waals surface area contributed by atoms with Gasteiger partial charge in [0.2, 0.25) is 0 Å². The van der Waals surface area contributed by atoms with Crippen LogP contribution >= 0.6 is 0 Å². The highest BCUT2D eigenvalue weighted by Crippen LogP contribution is 2.43. The van der Waals surface area contributed by atoms with Crippen LogP contribution in [0.4, 0.5) is 16.2 Å². The number of amides is 1. The van der Waals surface area contributed by atoms with Crippen molar-refractivity contribution >= 4 is 28.4 Å². The average Bonchev–Trinajstić information content (AvgIpc) is 3.00. The largest absolute Gasteiger partial charge is 0.447 e. The van der Waals surface area contributed by atoms with Crippen LogP contribution in [0.15, 0.2) is 47.6 Å². The minimum atomic E-state index is -0.507. The third-order valence-electron chi connectivity index (χ3n) is 5.39. The maximum atomic E-state index is 11.8. The molecule has 3 aromatic rings. The van der Waals surface area contributed by atoms with E-state index in [0.717, 1.165) is 41.4 Å². The molecule has 0 bridgehead atoms. The molecule has 0 spiro atoms. The quantitative estimate of drug-likeness (QED) is 0.509. The topological polar surface area (TPSA) is 96.5 Å². The standard InChI is InChI=1S/C23H22N4O3/c1-14(2)30-23(28)25-16-8-6-15(7-9-16)22-20(13-24)19-11-10-17(26-29)12-21(19)27(22)18-4-3-5-18/h6-12,14,18H,3-5H2,1-2H3,(H,25,28). The summed E-state index contributed by atoms with van der Waals surface area (Å²) in [5.41, 5.74) is 4.09. The molecule has 1 aliphatic rings. The van der Waals surface area contributed by atoms with Gasteiger partial charge in [0.1, 0.15) is 11.8 Å². The molecule has 152 valence electrons. The van der Waals surface area contributed by atoms with Crippen molar-refractivity contribution in [3.63, 3.8) is 0 Å². The number of aromatic nitrogens is 1. The van der Waals surface area contributed by atoms with E-state index in [9.17, 15) is 15.0 Å². The smallest absolute Gasteiger partial charge is 0.411 e. The van der Waals surface area contributed by atoms with Gasteiger partial charge in [-0.3, -0.25) is 5.32 Å². The maximum Gasteiger partial charge on any atom is 0.411 e. The summed E-state index contributed by atoms with van der Waals surface area (Å²) in [6.07, 6.45) is 2.49. The molecule has 7 nitrogen and oxygen atoms in total. The number of nitroso groups, excluding NO2 is 1. The number of hydrogen-bond donors (Lipinski definition) is 1. The first-order valence-corrected chi connectivity index (χ1v) is 10.0. The zero-order valence-electron chi connectivity index (χ0n) is 16.9. The van der Waals surface area contributed by atoms with Gasteiger partial charge in [0, 0.05) is 17.1 Å². The number of nitriles is 1. The lowest BCUT2D eigenvalue weighted by atomic mass is 9.92. The summed E-state index contributed by atoms with van der Waals surface area (Å²) in [7, 11) is 0. The first-order chi connectivity index (χ1) is 14.5. The van der Waals surface area contributed by atoms with Crippen LogP contribution in [0.1, 0.15) is 44.7 Å². The molecule has 1 fully saturated rings. The van der Waals surface area contributed by atoms with E-state index >= 15 is 0 Å². The van der Waals surface area contributed by atoms with Crippen molar-refractivity contribution < 1.29 is 9.53 Å². The van der Waals surface area contributed by atoms with Crippen molar-refractivity contribution in [3.8, 4) is 17.3 Å². The van der Waals surface area contributed by atoms with E-state index in [2.05, 4.69) is 21.1 Å². The van der Waals surface area contributed by atoms with Crippen LogP contribution in [0.2, 0.25) is 0 Å². The van der Waals surface area contributed by atoms with E-state index < -0.39 is 6.09 Å². The molecule has 0 unspecified atom stereocenters. The number of rotatable bonds is 5. The van der Waals surface area contributed by atoms with Gasteiger partial charge in [0.25, 0.3) is 0 Å². The van der Waals surface area contributed by atoms with Gasteiger partial charge in [-0.15, -0.1) is 4.91 Å². The Morgan fingerprint density at radius 3 is 2.53 bits per heavy atom. The Bertz CT molecular complexity index is 1150. The highest BCUT2D eigenvalue weighted by Gasteiger charge is 2.28. The fraction of sp³-hybridized carbons (Fsp3) is 0.304. The van der Waals surface area contributed by atoms with Crippen LogP contribution in [-0.4, -0.2) is 16.8 Å². The number of ether oxygens (including phenoxy) is 1. The van der Waals surface area contributed by atoms with Gasteiger partial charge in [0.05, 0.1) is 22.9 Å². The number of hydrogen-bond acceptors (Lipinski definition) is 5. The van der Waals surface area contributed by atoms with Crippen LogP contribution in [0.25, 0.3) is 22.2 Å². The molecule has 1 N–H and O–H groups in total. The zero-order chi connectivity index (χ0) is 21.3. The van der Waals surface area contributed by atoms with Gasteiger partial charge in [-0.05, 0) is 74.2 Å². The molecule has 1 heterocycles. The number of anilines is 1. The second-order valence-corrected chi connectivity index (χ2v) is 7.74. The maximum absolute atomic E-state index is 11.8. The molecule has 1 aliphatic carbocycles. The fourth-order valence-electron chi connectivity index (χ4n) is 3.85. The summed E-state index contributed by atoms with van der Waals surface area (Å²) in [5.74, 6) is 0. The third-order valence-corrected chi connectivity index (χ3v) is 5.39. The summed E-state index contributed by atoms with van der Waals surface area (Å²) < 4.78 is 7.28. The van der Waals surface area contributed by atoms with Gasteiger partial charge in [0.15, 0.2) is 0 Å². The Labute approximate surface area is 174 Å². The molecule has 0 saturated heterocycles. The minimum absolute atomic E-state index is 0.202. The highest BCUT2D eigenvalue weighted by molar-refractivity contribution is 5.96. The van der Waals surface area contributed by atoms with Gasteiger partial charge >= 0.3 is 6.09 Å². The SMILES string of the molecule is CC(C)OC(=O)Nc1ccc(-c2c(C#N)c3ccc(N=O)cc3n2C2CCC2)cc1. The van der Waals surface area contributed by atoms with Gasteiger partial charge in [-0.2, -0.15) is 5.26 Å². The molecule has 0 atom stereocenters. The molecule has 1 aromatic heterocycles. The van der Waals surface area contributed by atoms with Crippen LogP contribution in [0.5, 0.6) is 0 Å². The number of nitrogens with one attached hydrogen (secondary N) is 1. The summed E-state index contributed by atoms with van der Waals surface area (Å²) in [6, 6.07) is 15.2. The predicted molar refractivity (Wildman–Crippen MR) is 116 cm³/mol. The molecule has 7 heteroatoms. The van der Waals surface area contributed by atoms with Crippen LogP contribution in [0.3, 0.4) is 0 Å². The Balaban J connectivity index is 1.79. The van der Waals surface area contributed by atoms with Crippen molar-refractivity contribution in [2.24, 2.45) is 5.18 Å². The van der Waals surface area contributed by atoms with Crippen molar-refractivity contribution in [2.75, 3.05) is 5.32 Å². The molecule has 2 aromatic carbocycles. The lowest BCUT2D eigenvalue weighted by Gasteiger charge is -2.30. The number of nitrogens with zero attached hydrogens (tertiary/aromatic N) is 3. The van der Waals surface area contributed by atoms with Crippen LogP contribution in [0, 0.1) is 16.2 Å². The zero-order valence-corrected chi connectivity index (χ0v) is 16.9. The van der Waals surface area contributed by atoms with E-state index in [1.165, 1.54) is 0 Å². The van der Waals surface area contributed by atoms with E-state index in [4.69, 9.17) is 4.74 Å². The second-order valence-electron chi connectivity index (χ2n) is 7.74. The Morgan fingerprint density at radius 2 is 1.97 bits per heavy atom. The van der Waals surface area contributed by atoms with Gasteiger partial charge in [-0.1, -0.05) is 12.1 Å². The number of fused-ring (bicyclic) bond motifs is 1. The van der Waals surface area contributed by atoms with Crippen LogP contribution < -0.4 is 5.32 Å². The number of benzene rings is 2. The predicted octanol–water partition coefficient (Wildman–Crippen LogP) is 6.26. The minimum Gasteiger partial charge on any atom is -0.447 e. The Kier molecular flexibility index (Phi) is 5.23. The second kappa shape index (κ2) is 7.99. The fourth-order valence-corrected chi connectivity index (χ4v) is 3.85. The number of carbonyl (C=O) groups excluding carboxylic acids is 1. The van der Waals surface area contributed by atoms with E-state index in [0.29, 0.717) is 16.9 Å². The van der Waals surface area contributed by atoms with Crippen molar-refractivity contribution in [2.45, 2.75) is 45.3 Å². The van der Waals surface area contributed by atoms with E-state index in [1.807, 2.05) is 12.1 Å². The molecule has 0 radical (unpaired) electrons. The molecule has 4 rings (SSSR count). The summed E-state index contributed by atoms with van der Waals surface area (Å²) in [5, 5.41) is 16.5. The first-order valence-electron chi connectivity index (χ1n) is 10.0. The summed E-state index contributed by atoms with van der Waals surface area (Å²) >= 11 is 0. The van der Waals surface area contributed by atoms with Gasteiger partial charge < -0.3 is 9.30 Å². The van der Waals surface area contributed by atoms with Crippen molar-refractivity contribution in [3.05, 3.63) is 52.9 Å². The monoisotopic (exact) mass is 402 g/mol. The van der Waals surface area contributed by atoms with E-state index in [1.54, 1.807) is 44.2 Å². The average molecular weight is 402 g/mol. The third kappa shape index (κ3) is 3.52. The van der Waals surface area contributed by atoms with Crippen molar-refractivity contribution in [1.82, 2.24) is 4.57 Å². The first kappa shape index (κ1) is 19.6. The Hall–Kier alpha value is -3.66. The molecule has 1 amide bonds. The van der Waals surface area contributed by atoms with E-state index in [-0.39, 0.29) is 12.1 Å². The highest BCUT2D eigenvalue weighted by atomic mass is 16.6. The molecule has 1 saturated carbocycles. The normalized spacial score (nSPS) is 13.7. The van der Waals surface area contributed by atoms with Gasteiger partial charge in [-0.25, -0.2) is 4.79 Å². The lowest BCUT2D eigenvalue weighted by Crippen LogP contribution is -2.18.